The minimum Gasteiger partial charge on any atom is -0.461 e. The van der Waals surface area contributed by atoms with Gasteiger partial charge in [0.05, 0.1) is 24.0 Å². The molecule has 1 amide bonds. The number of piperazine rings is 1. The molecule has 2 fully saturated rings. The van der Waals surface area contributed by atoms with Crippen LogP contribution in [-0.4, -0.2) is 63.5 Å². The normalized spacial score (nSPS) is 17.1. The number of rotatable bonds is 5. The van der Waals surface area contributed by atoms with Gasteiger partial charge in [-0.2, -0.15) is 0 Å². The van der Waals surface area contributed by atoms with Gasteiger partial charge in [0.25, 0.3) is 0 Å². The summed E-state index contributed by atoms with van der Waals surface area (Å²) >= 11 is 0. The number of benzene rings is 1. The molecular weight excluding hydrogens is 413 g/mol. The standard InChI is InChI=1S/C23H24FN5O3/c1-2-32-22(31)18-12-17-20(27-18)25-14-26-21(17)28-9-10-29(23(13-28)7-8-23)19(30)11-15-3-5-16(24)6-4-15/h3-6,12,14H,2,7-11,13H2,1H3,(H,25,26,27). The van der Waals surface area contributed by atoms with Crippen molar-refractivity contribution < 1.29 is 18.7 Å². The summed E-state index contributed by atoms with van der Waals surface area (Å²) < 4.78 is 18.3. The number of amides is 1. The van der Waals surface area contributed by atoms with E-state index in [9.17, 15) is 14.0 Å². The number of hydrogen-bond donors (Lipinski definition) is 1. The maximum absolute atomic E-state index is 13.2. The van der Waals surface area contributed by atoms with Gasteiger partial charge in [-0.05, 0) is 43.5 Å². The lowest BCUT2D eigenvalue weighted by Gasteiger charge is -2.43. The van der Waals surface area contributed by atoms with Crippen molar-refractivity contribution in [3.63, 3.8) is 0 Å². The van der Waals surface area contributed by atoms with Crippen LogP contribution in [0.25, 0.3) is 11.0 Å². The Balaban J connectivity index is 1.35. The number of H-pyrrole nitrogens is 1. The van der Waals surface area contributed by atoms with Gasteiger partial charge in [0.1, 0.15) is 29.3 Å². The predicted molar refractivity (Wildman–Crippen MR) is 116 cm³/mol. The van der Waals surface area contributed by atoms with Crippen LogP contribution in [0.3, 0.4) is 0 Å². The van der Waals surface area contributed by atoms with Crippen molar-refractivity contribution in [1.29, 1.82) is 0 Å². The molecule has 2 aromatic heterocycles. The number of ether oxygens (including phenoxy) is 1. The lowest BCUT2D eigenvalue weighted by atomic mass is 10.1. The highest BCUT2D eigenvalue weighted by Crippen LogP contribution is 2.45. The largest absolute Gasteiger partial charge is 0.461 e. The number of nitrogens with one attached hydrogen (secondary N) is 1. The third-order valence-electron chi connectivity index (χ3n) is 6.25. The molecule has 9 heteroatoms. The quantitative estimate of drug-likeness (QED) is 0.617. The summed E-state index contributed by atoms with van der Waals surface area (Å²) in [5.74, 6) is 0.0818. The molecule has 2 aliphatic rings. The Bertz CT molecular complexity index is 1170. The first-order valence-corrected chi connectivity index (χ1v) is 10.8. The molecule has 1 N–H and O–H groups in total. The van der Waals surface area contributed by atoms with Crippen LogP contribution < -0.4 is 4.90 Å². The number of esters is 1. The number of aromatic nitrogens is 3. The van der Waals surface area contributed by atoms with Gasteiger partial charge in [-0.25, -0.2) is 19.2 Å². The fourth-order valence-corrected chi connectivity index (χ4v) is 4.49. The maximum Gasteiger partial charge on any atom is 0.354 e. The van der Waals surface area contributed by atoms with E-state index in [2.05, 4.69) is 19.9 Å². The molecule has 8 nitrogen and oxygen atoms in total. The first-order valence-electron chi connectivity index (χ1n) is 10.8. The van der Waals surface area contributed by atoms with Crippen LogP contribution in [-0.2, 0) is 16.0 Å². The molecular formula is C23H24FN5O3. The van der Waals surface area contributed by atoms with E-state index in [1.54, 1.807) is 25.1 Å². The lowest BCUT2D eigenvalue weighted by molar-refractivity contribution is -0.134. The van der Waals surface area contributed by atoms with Gasteiger partial charge in [-0.3, -0.25) is 4.79 Å². The summed E-state index contributed by atoms with van der Waals surface area (Å²) in [6.45, 7) is 3.94. The second-order valence-corrected chi connectivity index (χ2v) is 8.36. The van der Waals surface area contributed by atoms with E-state index in [-0.39, 0.29) is 23.7 Å². The van der Waals surface area contributed by atoms with Gasteiger partial charge in [-0.15, -0.1) is 0 Å². The molecule has 166 valence electrons. The Labute approximate surface area is 184 Å². The van der Waals surface area contributed by atoms with E-state index < -0.39 is 5.97 Å². The molecule has 0 radical (unpaired) electrons. The van der Waals surface area contributed by atoms with Gasteiger partial charge in [0, 0.05) is 19.6 Å². The highest BCUT2D eigenvalue weighted by Gasteiger charge is 2.53. The van der Waals surface area contributed by atoms with Crippen molar-refractivity contribution >= 4 is 28.7 Å². The van der Waals surface area contributed by atoms with E-state index in [1.807, 2.05) is 4.90 Å². The van der Waals surface area contributed by atoms with Crippen LogP contribution in [0.4, 0.5) is 10.2 Å². The Morgan fingerprint density at radius 2 is 1.97 bits per heavy atom. The molecule has 1 saturated carbocycles. The fourth-order valence-electron chi connectivity index (χ4n) is 4.49. The third-order valence-corrected chi connectivity index (χ3v) is 6.25. The number of anilines is 1. The number of carbonyl (C=O) groups excluding carboxylic acids is 2. The molecule has 5 rings (SSSR count). The molecule has 0 bridgehead atoms. The second kappa shape index (κ2) is 7.89. The fraction of sp³-hybridized carbons (Fsp3) is 0.391. The van der Waals surface area contributed by atoms with E-state index in [4.69, 9.17) is 4.74 Å². The van der Waals surface area contributed by atoms with Crippen molar-refractivity contribution in [1.82, 2.24) is 19.9 Å². The number of carbonyl (C=O) groups is 2. The maximum atomic E-state index is 13.2. The van der Waals surface area contributed by atoms with Crippen LogP contribution in [0.2, 0.25) is 0 Å². The molecule has 1 aliphatic heterocycles. The molecule has 1 spiro atoms. The van der Waals surface area contributed by atoms with E-state index in [0.717, 1.165) is 29.6 Å². The van der Waals surface area contributed by atoms with Crippen molar-refractivity contribution in [2.24, 2.45) is 0 Å². The van der Waals surface area contributed by atoms with Crippen molar-refractivity contribution in [2.75, 3.05) is 31.1 Å². The summed E-state index contributed by atoms with van der Waals surface area (Å²) in [6.07, 6.45) is 3.62. The highest BCUT2D eigenvalue weighted by molar-refractivity contribution is 5.97. The van der Waals surface area contributed by atoms with Crippen molar-refractivity contribution in [3.05, 3.63) is 53.7 Å². The van der Waals surface area contributed by atoms with E-state index in [0.29, 0.717) is 37.6 Å². The molecule has 32 heavy (non-hydrogen) atoms. The molecule has 3 heterocycles. The Hall–Kier alpha value is -3.49. The number of aromatic amines is 1. The van der Waals surface area contributed by atoms with Crippen molar-refractivity contribution in [3.8, 4) is 0 Å². The van der Waals surface area contributed by atoms with E-state index in [1.165, 1.54) is 18.5 Å². The third kappa shape index (κ3) is 3.68. The predicted octanol–water partition coefficient (Wildman–Crippen LogP) is 2.70. The molecule has 0 atom stereocenters. The summed E-state index contributed by atoms with van der Waals surface area (Å²) in [6, 6.07) is 7.82. The number of halogens is 1. The molecule has 1 aliphatic carbocycles. The van der Waals surface area contributed by atoms with Crippen LogP contribution in [0.15, 0.2) is 36.7 Å². The minimum atomic E-state index is -0.425. The molecule has 0 unspecified atom stereocenters. The second-order valence-electron chi connectivity index (χ2n) is 8.36. The smallest absolute Gasteiger partial charge is 0.354 e. The monoisotopic (exact) mass is 437 g/mol. The zero-order valence-corrected chi connectivity index (χ0v) is 17.8. The number of hydrogen-bond acceptors (Lipinski definition) is 6. The average molecular weight is 437 g/mol. The molecule has 3 aromatic rings. The highest BCUT2D eigenvalue weighted by atomic mass is 19.1. The van der Waals surface area contributed by atoms with E-state index >= 15 is 0 Å². The van der Waals surface area contributed by atoms with Crippen LogP contribution in [0.1, 0.15) is 35.8 Å². The Morgan fingerprint density at radius 3 is 2.69 bits per heavy atom. The lowest BCUT2D eigenvalue weighted by Crippen LogP contribution is -2.57. The zero-order valence-electron chi connectivity index (χ0n) is 17.8. The van der Waals surface area contributed by atoms with Gasteiger partial charge >= 0.3 is 5.97 Å². The topological polar surface area (TPSA) is 91.4 Å². The minimum absolute atomic E-state index is 0.0628. The first kappa shape index (κ1) is 20.4. The van der Waals surface area contributed by atoms with Gasteiger partial charge in [-0.1, -0.05) is 12.1 Å². The van der Waals surface area contributed by atoms with Crippen LogP contribution >= 0.6 is 0 Å². The van der Waals surface area contributed by atoms with Gasteiger partial charge < -0.3 is 19.5 Å². The molecule has 1 saturated heterocycles. The Kier molecular flexibility index (Phi) is 5.03. The Morgan fingerprint density at radius 1 is 1.19 bits per heavy atom. The molecule has 1 aromatic carbocycles. The summed E-state index contributed by atoms with van der Waals surface area (Å²) in [7, 11) is 0. The van der Waals surface area contributed by atoms with Gasteiger partial charge in [0.2, 0.25) is 5.91 Å². The zero-order chi connectivity index (χ0) is 22.3. The first-order chi connectivity index (χ1) is 15.5. The summed E-state index contributed by atoms with van der Waals surface area (Å²) in [5, 5.41) is 0.762. The van der Waals surface area contributed by atoms with Crippen LogP contribution in [0.5, 0.6) is 0 Å². The summed E-state index contributed by atoms with van der Waals surface area (Å²) in [4.78, 5) is 41.1. The number of fused-ring (bicyclic) bond motifs is 1. The van der Waals surface area contributed by atoms with Crippen LogP contribution in [0, 0.1) is 5.82 Å². The summed E-state index contributed by atoms with van der Waals surface area (Å²) in [5.41, 5.74) is 1.54. The SMILES string of the molecule is CCOC(=O)c1cc2c(N3CCN(C(=O)Cc4ccc(F)cc4)C4(CC4)C3)ncnc2[nH]1. The average Bonchev–Trinajstić information content (AvgIpc) is 3.39. The van der Waals surface area contributed by atoms with Crippen molar-refractivity contribution in [2.45, 2.75) is 31.7 Å². The number of nitrogens with zero attached hydrogens (tertiary/aromatic N) is 4. The van der Waals surface area contributed by atoms with Gasteiger partial charge in [0.15, 0.2) is 0 Å².